The van der Waals surface area contributed by atoms with Crippen LogP contribution in [0.5, 0.6) is 0 Å². The second-order valence-electron chi connectivity index (χ2n) is 0. The van der Waals surface area contributed by atoms with Gasteiger partial charge in [0, 0.05) is 28.3 Å². The van der Waals surface area contributed by atoms with E-state index in [0.717, 1.165) is 0 Å². The molecule has 0 aliphatic rings. The molecule has 0 saturated carbocycles. The molecule has 0 aromatic rings. The van der Waals surface area contributed by atoms with Crippen molar-refractivity contribution in [2.75, 3.05) is 0 Å². The van der Waals surface area contributed by atoms with Crippen molar-refractivity contribution in [3.63, 3.8) is 0 Å². The lowest BCUT2D eigenvalue weighted by Crippen LogP contribution is -0.856. The predicted molar refractivity (Wildman–Crippen MR) is 29.2 cm³/mol. The van der Waals surface area contributed by atoms with Crippen LogP contribution >= 0.6 is 28.3 Å². The zero-order valence-corrected chi connectivity index (χ0v) is 5.93. The maximum Gasteiger partial charge on any atom is 0 e. The third-order valence-electron chi connectivity index (χ3n) is 0. The quantitative estimate of drug-likeness (QED) is 0.550. The van der Waals surface area contributed by atoms with Crippen LogP contribution in [0.25, 0.3) is 0 Å². The lowest BCUT2D eigenvalue weighted by atomic mass is 11.0. The smallest absolute Gasteiger partial charge is 0 e. The van der Waals surface area contributed by atoms with Crippen LogP contribution in [0.4, 0.5) is 0 Å². The van der Waals surface area contributed by atoms with E-state index < -0.39 is 0 Å². The third-order valence-corrected chi connectivity index (χ3v) is 0. The molecule has 0 radical (unpaired) electrons. The molecule has 4 heavy (non-hydrogen) atoms. The van der Waals surface area contributed by atoms with Crippen LogP contribution in [0, 0.1) is 0 Å². The molecule has 0 N–H and O–H groups in total. The molecule has 0 aliphatic carbocycles. The summed E-state index contributed by atoms with van der Waals surface area (Å²) in [4.78, 5) is 0. The van der Waals surface area contributed by atoms with Gasteiger partial charge in [0.1, 0.15) is 0 Å². The molecule has 2 heteroatoms. The zero-order valence-electron chi connectivity index (χ0n) is 2.76. The highest BCUT2D eigenvalue weighted by molar-refractivity contribution is 9.93. The molecule has 0 aromatic carbocycles. The first-order valence-electron chi connectivity index (χ1n) is 1.14. The largest absolute Gasteiger partial charge is 0.0683 e. The van der Waals surface area contributed by atoms with Crippen molar-refractivity contribution < 1.29 is 0 Å². The first-order valence-corrected chi connectivity index (χ1v) is 4.86. The summed E-state index contributed by atoms with van der Waals surface area (Å²) in [5.74, 6) is 0. The van der Waals surface area contributed by atoms with Crippen molar-refractivity contribution in [2.45, 2.75) is 13.8 Å². The Kier molecular flexibility index (Phi) is 83.6. The van der Waals surface area contributed by atoms with E-state index in [4.69, 9.17) is 0 Å². The number of hydrogen-bond acceptors (Lipinski definition) is 0. The standard InChI is InChI=1S/C2H6.Br2/c2*1-2/h1-2H3;. The Hall–Kier alpha value is 0.960. The van der Waals surface area contributed by atoms with Crippen molar-refractivity contribution in [3.05, 3.63) is 0 Å². The summed E-state index contributed by atoms with van der Waals surface area (Å²) >= 11 is 5.50. The fraction of sp³-hybridized carbons (Fsp3) is 1.00. The lowest BCUT2D eigenvalue weighted by molar-refractivity contribution is 1.50. The van der Waals surface area contributed by atoms with Crippen LogP contribution in [-0.2, 0) is 0 Å². The topological polar surface area (TPSA) is 0 Å². The van der Waals surface area contributed by atoms with E-state index >= 15 is 0 Å². The van der Waals surface area contributed by atoms with Gasteiger partial charge in [-0.15, -0.1) is 0 Å². The van der Waals surface area contributed by atoms with Gasteiger partial charge in [0.15, 0.2) is 0 Å². The van der Waals surface area contributed by atoms with E-state index in [1.807, 2.05) is 13.8 Å². The Morgan fingerprint density at radius 2 is 1.00 bits per heavy atom. The molecule has 0 atom stereocenters. The highest BCUT2D eigenvalue weighted by atomic mass is 80.9. The van der Waals surface area contributed by atoms with Gasteiger partial charge in [-0.1, -0.05) is 13.8 Å². The maximum absolute atomic E-state index is 2.75. The van der Waals surface area contributed by atoms with E-state index in [1.165, 1.54) is 0 Å². The normalized spacial score (nSPS) is 3.00. The minimum atomic E-state index is 2.00. The average Bonchev–Trinajstić information content (AvgIpc) is 1.50. The Balaban J connectivity index is 0. The van der Waals surface area contributed by atoms with Crippen LogP contribution in [0.1, 0.15) is 13.8 Å². The summed E-state index contributed by atoms with van der Waals surface area (Å²) in [6.45, 7) is 4.00. The molecule has 0 heterocycles. The molecule has 0 aliphatic heterocycles. The van der Waals surface area contributed by atoms with Gasteiger partial charge in [0.2, 0.25) is 0 Å². The monoisotopic (exact) mass is 188 g/mol. The van der Waals surface area contributed by atoms with Crippen molar-refractivity contribution in [1.29, 1.82) is 0 Å². The lowest BCUT2D eigenvalue weighted by Gasteiger charge is -1.07. The highest BCUT2D eigenvalue weighted by Gasteiger charge is 1.00. The van der Waals surface area contributed by atoms with Gasteiger partial charge in [0.25, 0.3) is 0 Å². The SMILES string of the molecule is BrBr.CC. The van der Waals surface area contributed by atoms with Crippen LogP contribution in [0.3, 0.4) is 0 Å². The van der Waals surface area contributed by atoms with Gasteiger partial charge in [-0.2, -0.15) is 0 Å². The Morgan fingerprint density at radius 1 is 1.00 bits per heavy atom. The molecule has 0 nitrogen and oxygen atoms in total. The van der Waals surface area contributed by atoms with Crippen molar-refractivity contribution in [2.24, 2.45) is 0 Å². The number of hydrogen-bond donors (Lipinski definition) is 0. The number of rotatable bonds is 0. The summed E-state index contributed by atoms with van der Waals surface area (Å²) in [6.07, 6.45) is 0. The van der Waals surface area contributed by atoms with Crippen LogP contribution in [-0.4, -0.2) is 0 Å². The summed E-state index contributed by atoms with van der Waals surface area (Å²) < 4.78 is 0. The van der Waals surface area contributed by atoms with Gasteiger partial charge in [0.05, 0.1) is 0 Å². The van der Waals surface area contributed by atoms with Crippen LogP contribution < -0.4 is 0 Å². The minimum absolute atomic E-state index is 2.00. The Labute approximate surface area is 42.4 Å². The maximum atomic E-state index is 2.75. The third kappa shape index (κ3) is 12.3. The van der Waals surface area contributed by atoms with Crippen molar-refractivity contribution >= 4 is 28.3 Å². The first-order chi connectivity index (χ1) is 2.00. The molecule has 0 rings (SSSR count). The second kappa shape index (κ2) is 37.6. The highest BCUT2D eigenvalue weighted by Crippen LogP contribution is 1.85. The van der Waals surface area contributed by atoms with Gasteiger partial charge in [-0.3, -0.25) is 0 Å². The zero-order chi connectivity index (χ0) is 4.00. The van der Waals surface area contributed by atoms with Crippen molar-refractivity contribution in [1.82, 2.24) is 0 Å². The summed E-state index contributed by atoms with van der Waals surface area (Å²) in [5, 5.41) is 0. The van der Waals surface area contributed by atoms with Crippen molar-refractivity contribution in [3.8, 4) is 0 Å². The average molecular weight is 190 g/mol. The first kappa shape index (κ1) is 8.88. The molecule has 0 saturated heterocycles. The molecule has 0 unspecified atom stereocenters. The summed E-state index contributed by atoms with van der Waals surface area (Å²) in [7, 11) is 0. The number of halogens is 2. The van der Waals surface area contributed by atoms with E-state index in [0.29, 0.717) is 0 Å². The van der Waals surface area contributed by atoms with E-state index in [2.05, 4.69) is 28.3 Å². The molecule has 0 aromatic heterocycles. The van der Waals surface area contributed by atoms with E-state index in [1.54, 1.807) is 0 Å². The molecular weight excluding hydrogens is 184 g/mol. The summed E-state index contributed by atoms with van der Waals surface area (Å²) in [5.41, 5.74) is 0. The van der Waals surface area contributed by atoms with Gasteiger partial charge >= 0.3 is 0 Å². The summed E-state index contributed by atoms with van der Waals surface area (Å²) in [6, 6.07) is 0. The van der Waals surface area contributed by atoms with Gasteiger partial charge in [-0.05, 0) is 0 Å². The van der Waals surface area contributed by atoms with Gasteiger partial charge < -0.3 is 0 Å². The van der Waals surface area contributed by atoms with E-state index in [-0.39, 0.29) is 0 Å². The van der Waals surface area contributed by atoms with Crippen LogP contribution in [0.2, 0.25) is 0 Å². The molecule has 28 valence electrons. The fourth-order valence-electron chi connectivity index (χ4n) is 0. The fourth-order valence-corrected chi connectivity index (χ4v) is 0. The van der Waals surface area contributed by atoms with E-state index in [9.17, 15) is 0 Å². The van der Waals surface area contributed by atoms with Gasteiger partial charge in [-0.25, -0.2) is 0 Å². The molecule has 0 spiro atoms. The molecule has 0 bridgehead atoms. The predicted octanol–water partition coefficient (Wildman–Crippen LogP) is 2.72. The minimum Gasteiger partial charge on any atom is -0.0683 e. The van der Waals surface area contributed by atoms with Crippen LogP contribution in [0.15, 0.2) is 0 Å². The molecule has 0 fully saturated rings. The Morgan fingerprint density at radius 3 is 1.00 bits per heavy atom. The second-order valence-corrected chi connectivity index (χ2v) is 0. The molecule has 0 amide bonds. The molecular formula is C2H6Br2. The Bertz CT molecular complexity index is 4.00.